The second kappa shape index (κ2) is 10.4. The van der Waals surface area contributed by atoms with E-state index in [0.717, 1.165) is 16.9 Å². The van der Waals surface area contributed by atoms with Gasteiger partial charge in [-0.15, -0.1) is 0 Å². The summed E-state index contributed by atoms with van der Waals surface area (Å²) in [5.74, 6) is -1.13. The number of carboxylic acid groups (broad SMARTS) is 1. The maximum Gasteiger partial charge on any atom is 1.00 e. The first kappa shape index (κ1) is 23.1. The normalized spacial score (nSPS) is 10.4. The average molecular weight is 396 g/mol. The number of aliphatic carboxylic acids is 1. The maximum atomic E-state index is 11.3. The molecule has 0 radical (unpaired) electrons. The van der Waals surface area contributed by atoms with Crippen molar-refractivity contribution in [3.05, 3.63) is 60.2 Å². The number of carbonyl (C=O) groups is 1. The molecular weight excluding hydrogens is 373 g/mol. The molecule has 0 saturated carbocycles. The molecule has 0 aliphatic heterocycles. The van der Waals surface area contributed by atoms with Gasteiger partial charge >= 0.3 is 51.4 Å². The standard InChI is InChI=1S/C19H23N3O2S.K/c1-19(2,17(23)24)22(3)16-11-7-10-15(12-16)21-18(25)20-13-14-8-5-4-6-9-14;/h4-12H,13H2,1-3H3,(H,23,24)(H2,20,21,25);/q;+1/p-1. The van der Waals surface area contributed by atoms with E-state index in [4.69, 9.17) is 12.2 Å². The molecule has 5 nitrogen and oxygen atoms in total. The molecule has 0 fully saturated rings. The number of nitrogens with zero attached hydrogens (tertiary/aromatic N) is 1. The Bertz CT molecular complexity index is 753. The van der Waals surface area contributed by atoms with E-state index in [2.05, 4.69) is 10.6 Å². The van der Waals surface area contributed by atoms with E-state index in [1.807, 2.05) is 54.6 Å². The number of anilines is 2. The molecule has 0 unspecified atom stereocenters. The molecule has 0 spiro atoms. The number of rotatable bonds is 6. The van der Waals surface area contributed by atoms with Gasteiger partial charge in [-0.3, -0.25) is 0 Å². The Kier molecular flexibility index (Phi) is 9.22. The van der Waals surface area contributed by atoms with Crippen LogP contribution in [0.15, 0.2) is 54.6 Å². The van der Waals surface area contributed by atoms with Crippen LogP contribution in [0.1, 0.15) is 19.4 Å². The third kappa shape index (κ3) is 6.33. The van der Waals surface area contributed by atoms with Crippen LogP contribution in [0.25, 0.3) is 0 Å². The van der Waals surface area contributed by atoms with Crippen molar-refractivity contribution in [2.75, 3.05) is 17.3 Å². The van der Waals surface area contributed by atoms with Crippen LogP contribution in [0.2, 0.25) is 0 Å². The van der Waals surface area contributed by atoms with Gasteiger partial charge in [-0.1, -0.05) is 36.4 Å². The van der Waals surface area contributed by atoms with Crippen molar-refractivity contribution in [3.8, 4) is 0 Å². The molecule has 2 aromatic carbocycles. The van der Waals surface area contributed by atoms with E-state index in [0.29, 0.717) is 11.7 Å². The molecule has 2 rings (SSSR count). The molecule has 0 aliphatic carbocycles. The number of benzene rings is 2. The maximum absolute atomic E-state index is 11.3. The summed E-state index contributed by atoms with van der Waals surface area (Å²) < 4.78 is 0. The minimum absolute atomic E-state index is 0. The van der Waals surface area contributed by atoms with Gasteiger partial charge in [0.15, 0.2) is 5.11 Å². The van der Waals surface area contributed by atoms with Gasteiger partial charge < -0.3 is 25.4 Å². The second-order valence-corrected chi connectivity index (χ2v) is 6.66. The molecule has 26 heavy (non-hydrogen) atoms. The first-order chi connectivity index (χ1) is 11.8. The Morgan fingerprint density at radius 2 is 1.81 bits per heavy atom. The molecule has 0 amide bonds. The van der Waals surface area contributed by atoms with Crippen molar-refractivity contribution in [3.63, 3.8) is 0 Å². The van der Waals surface area contributed by atoms with Crippen LogP contribution >= 0.6 is 12.2 Å². The summed E-state index contributed by atoms with van der Waals surface area (Å²) in [6, 6.07) is 17.4. The largest absolute Gasteiger partial charge is 1.00 e. The minimum atomic E-state index is -1.13. The topological polar surface area (TPSA) is 67.4 Å². The summed E-state index contributed by atoms with van der Waals surface area (Å²) in [5.41, 5.74) is 1.55. The predicted molar refractivity (Wildman–Crippen MR) is 103 cm³/mol. The number of nitrogens with one attached hydrogen (secondary N) is 2. The average Bonchev–Trinajstić information content (AvgIpc) is 2.60. The zero-order chi connectivity index (χ0) is 18.4. The van der Waals surface area contributed by atoms with E-state index in [-0.39, 0.29) is 51.4 Å². The first-order valence-corrected chi connectivity index (χ1v) is 8.35. The zero-order valence-corrected chi connectivity index (χ0v) is 19.5. The molecule has 2 aromatic rings. The molecule has 7 heteroatoms. The van der Waals surface area contributed by atoms with Crippen LogP contribution in [-0.4, -0.2) is 23.7 Å². The smallest absolute Gasteiger partial charge is 0.548 e. The Labute approximate surface area is 202 Å². The van der Waals surface area contributed by atoms with Gasteiger partial charge in [0, 0.05) is 25.0 Å². The van der Waals surface area contributed by atoms with Gasteiger partial charge in [-0.25, -0.2) is 0 Å². The van der Waals surface area contributed by atoms with Gasteiger partial charge in [-0.05, 0) is 49.8 Å². The molecule has 2 N–H and O–H groups in total. The fourth-order valence-electron chi connectivity index (χ4n) is 2.21. The summed E-state index contributed by atoms with van der Waals surface area (Å²) in [5, 5.41) is 18.1. The van der Waals surface area contributed by atoms with Crippen LogP contribution in [0.5, 0.6) is 0 Å². The number of carbonyl (C=O) groups excluding carboxylic acids is 1. The Morgan fingerprint density at radius 1 is 1.15 bits per heavy atom. The fraction of sp³-hybridized carbons (Fsp3) is 0.263. The molecule has 132 valence electrons. The summed E-state index contributed by atoms with van der Waals surface area (Å²) >= 11 is 5.32. The monoisotopic (exact) mass is 395 g/mol. The van der Waals surface area contributed by atoms with E-state index < -0.39 is 11.5 Å². The minimum Gasteiger partial charge on any atom is -0.548 e. The fourth-order valence-corrected chi connectivity index (χ4v) is 2.40. The zero-order valence-electron chi connectivity index (χ0n) is 15.6. The third-order valence-electron chi connectivity index (χ3n) is 4.13. The molecular formula is C19H22KN3O2S. The number of hydrogen-bond acceptors (Lipinski definition) is 4. The van der Waals surface area contributed by atoms with Crippen molar-refractivity contribution in [1.82, 2.24) is 5.32 Å². The van der Waals surface area contributed by atoms with Crippen LogP contribution < -0.4 is 72.0 Å². The summed E-state index contributed by atoms with van der Waals surface area (Å²) in [4.78, 5) is 13.0. The van der Waals surface area contributed by atoms with Crippen molar-refractivity contribution in [1.29, 1.82) is 0 Å². The van der Waals surface area contributed by atoms with Crippen LogP contribution in [-0.2, 0) is 11.3 Å². The van der Waals surface area contributed by atoms with E-state index >= 15 is 0 Å². The molecule has 0 aromatic heterocycles. The van der Waals surface area contributed by atoms with Crippen molar-refractivity contribution >= 4 is 34.7 Å². The Hall–Kier alpha value is -0.964. The van der Waals surface area contributed by atoms with Gasteiger partial charge in [-0.2, -0.15) is 0 Å². The van der Waals surface area contributed by atoms with E-state index in [1.165, 1.54) is 0 Å². The summed E-state index contributed by atoms with van der Waals surface area (Å²) in [7, 11) is 1.72. The molecule has 0 aliphatic rings. The predicted octanol–water partition coefficient (Wildman–Crippen LogP) is -0.858. The van der Waals surface area contributed by atoms with Crippen molar-refractivity contribution < 1.29 is 61.3 Å². The molecule has 0 bridgehead atoms. The Balaban J connectivity index is 0.00000338. The number of thiocarbonyl (C=S) groups is 1. The van der Waals surface area contributed by atoms with E-state index in [9.17, 15) is 9.90 Å². The number of likely N-dealkylation sites (N-methyl/N-ethyl adjacent to an activating group) is 1. The molecule has 0 saturated heterocycles. The third-order valence-corrected chi connectivity index (χ3v) is 4.37. The van der Waals surface area contributed by atoms with Gasteiger partial charge in [0.25, 0.3) is 0 Å². The van der Waals surface area contributed by atoms with E-state index in [1.54, 1.807) is 25.8 Å². The van der Waals surface area contributed by atoms with Gasteiger partial charge in [0.1, 0.15) is 0 Å². The van der Waals surface area contributed by atoms with Crippen LogP contribution in [0.4, 0.5) is 11.4 Å². The molecule has 0 atom stereocenters. The molecule has 0 heterocycles. The van der Waals surface area contributed by atoms with Crippen LogP contribution in [0, 0.1) is 0 Å². The first-order valence-electron chi connectivity index (χ1n) is 7.95. The SMILES string of the molecule is CN(c1cccc(NC(=S)NCc2ccccc2)c1)C(C)(C)C(=O)[O-].[K+]. The summed E-state index contributed by atoms with van der Waals surface area (Å²) in [6.45, 7) is 3.84. The number of hydrogen-bond donors (Lipinski definition) is 2. The summed E-state index contributed by atoms with van der Waals surface area (Å²) in [6.07, 6.45) is 0. The van der Waals surface area contributed by atoms with Crippen molar-refractivity contribution in [2.45, 2.75) is 25.9 Å². The Morgan fingerprint density at radius 3 is 2.42 bits per heavy atom. The quantitative estimate of drug-likeness (QED) is 0.490. The second-order valence-electron chi connectivity index (χ2n) is 6.25. The van der Waals surface area contributed by atoms with Gasteiger partial charge in [0.2, 0.25) is 0 Å². The van der Waals surface area contributed by atoms with Gasteiger partial charge in [0.05, 0.1) is 11.5 Å². The number of carboxylic acids is 1. The van der Waals surface area contributed by atoms with Crippen LogP contribution in [0.3, 0.4) is 0 Å². The van der Waals surface area contributed by atoms with Crippen molar-refractivity contribution in [2.24, 2.45) is 0 Å².